The molecule has 0 saturated carbocycles. The van der Waals surface area contributed by atoms with Crippen molar-refractivity contribution in [1.29, 1.82) is 0 Å². The molecule has 0 spiro atoms. The Hall–Kier alpha value is -1.91. The molecule has 0 saturated heterocycles. The minimum atomic E-state index is 0.266. The molecule has 2 rings (SSSR count). The number of nitrogens with zero attached hydrogens (tertiary/aromatic N) is 4. The fourth-order valence-electron chi connectivity index (χ4n) is 2.56. The maximum absolute atomic E-state index is 6.02. The first-order valence-electron chi connectivity index (χ1n) is 7.05. The number of aromatic nitrogens is 4. The Bertz CT molecular complexity index is 600. The van der Waals surface area contributed by atoms with E-state index in [2.05, 4.69) is 49.3 Å². The lowest BCUT2D eigenvalue weighted by Crippen LogP contribution is -2.12. The monoisotopic (exact) mass is 273 g/mol. The first-order chi connectivity index (χ1) is 9.40. The molecule has 2 N–H and O–H groups in total. The van der Waals surface area contributed by atoms with Crippen LogP contribution in [0.4, 0.5) is 5.69 Å². The molecule has 0 bridgehead atoms. The van der Waals surface area contributed by atoms with Gasteiger partial charge in [-0.15, -0.1) is 5.10 Å². The van der Waals surface area contributed by atoms with Crippen molar-refractivity contribution in [2.45, 2.75) is 47.1 Å². The molecule has 108 valence electrons. The molecule has 1 heterocycles. The van der Waals surface area contributed by atoms with Crippen LogP contribution in [0, 0.1) is 19.8 Å². The summed E-state index contributed by atoms with van der Waals surface area (Å²) in [6.07, 6.45) is 1.04. The van der Waals surface area contributed by atoms with Gasteiger partial charge < -0.3 is 5.73 Å². The number of nitrogens with two attached hydrogens (primary N) is 1. The number of benzene rings is 1. The second-order valence-electron chi connectivity index (χ2n) is 5.95. The van der Waals surface area contributed by atoms with Crippen LogP contribution in [-0.4, -0.2) is 20.2 Å². The molecule has 5 nitrogen and oxygen atoms in total. The molecule has 0 aliphatic rings. The lowest BCUT2D eigenvalue weighted by molar-refractivity contribution is 0.394. The highest BCUT2D eigenvalue weighted by Gasteiger charge is 2.17. The summed E-state index contributed by atoms with van der Waals surface area (Å²) in [5.74, 6) is 1.40. The summed E-state index contributed by atoms with van der Waals surface area (Å²) in [5.41, 5.74) is 10.0. The maximum atomic E-state index is 6.02. The van der Waals surface area contributed by atoms with Crippen molar-refractivity contribution in [1.82, 2.24) is 20.2 Å². The van der Waals surface area contributed by atoms with Crippen LogP contribution in [0.1, 0.15) is 44.4 Å². The molecule has 2 aromatic rings. The number of anilines is 1. The Morgan fingerprint density at radius 2 is 1.85 bits per heavy atom. The van der Waals surface area contributed by atoms with E-state index in [1.807, 2.05) is 17.7 Å². The molecule has 0 aliphatic carbocycles. The summed E-state index contributed by atoms with van der Waals surface area (Å²) in [6, 6.07) is 4.31. The first kappa shape index (κ1) is 14.5. The lowest BCUT2D eigenvalue weighted by Gasteiger charge is -2.16. The normalized spacial score (nSPS) is 12.9. The van der Waals surface area contributed by atoms with E-state index in [1.54, 1.807) is 0 Å². The van der Waals surface area contributed by atoms with Crippen LogP contribution in [-0.2, 0) is 0 Å². The van der Waals surface area contributed by atoms with E-state index in [1.165, 1.54) is 0 Å². The van der Waals surface area contributed by atoms with E-state index in [9.17, 15) is 0 Å². The average Bonchev–Trinajstić information content (AvgIpc) is 2.81. The number of aryl methyl sites for hydroxylation is 2. The van der Waals surface area contributed by atoms with Gasteiger partial charge in [0.05, 0.1) is 6.04 Å². The molecule has 1 unspecified atom stereocenters. The third-order valence-corrected chi connectivity index (χ3v) is 3.58. The standard InChI is InChI=1S/C15H23N5/c1-9(2)6-12(5)20-15(17-18-19-20)13-8-14(16)11(4)7-10(13)3/h7-9,12H,6,16H2,1-5H3. The zero-order valence-corrected chi connectivity index (χ0v) is 12.9. The van der Waals surface area contributed by atoms with Crippen molar-refractivity contribution in [2.24, 2.45) is 5.92 Å². The van der Waals surface area contributed by atoms with Crippen LogP contribution >= 0.6 is 0 Å². The van der Waals surface area contributed by atoms with Gasteiger partial charge in [0.1, 0.15) is 0 Å². The third kappa shape index (κ3) is 2.81. The van der Waals surface area contributed by atoms with Gasteiger partial charge in [-0.05, 0) is 60.7 Å². The topological polar surface area (TPSA) is 69.6 Å². The van der Waals surface area contributed by atoms with Gasteiger partial charge in [-0.25, -0.2) is 4.68 Å². The van der Waals surface area contributed by atoms with Crippen LogP contribution in [0.15, 0.2) is 12.1 Å². The van der Waals surface area contributed by atoms with Crippen molar-refractivity contribution >= 4 is 5.69 Å². The lowest BCUT2D eigenvalue weighted by atomic mass is 10.0. The van der Waals surface area contributed by atoms with Crippen molar-refractivity contribution in [3.05, 3.63) is 23.3 Å². The highest BCUT2D eigenvalue weighted by molar-refractivity contribution is 5.67. The van der Waals surface area contributed by atoms with Gasteiger partial charge >= 0.3 is 0 Å². The van der Waals surface area contributed by atoms with Crippen molar-refractivity contribution < 1.29 is 0 Å². The predicted molar refractivity (Wildman–Crippen MR) is 81.3 cm³/mol. The molecule has 0 fully saturated rings. The summed E-state index contributed by atoms with van der Waals surface area (Å²) in [6.45, 7) is 10.6. The highest BCUT2D eigenvalue weighted by Crippen LogP contribution is 2.28. The largest absolute Gasteiger partial charge is 0.398 e. The highest BCUT2D eigenvalue weighted by atomic mass is 15.5. The van der Waals surface area contributed by atoms with E-state index in [4.69, 9.17) is 5.73 Å². The third-order valence-electron chi connectivity index (χ3n) is 3.58. The summed E-state index contributed by atoms with van der Waals surface area (Å²) < 4.78 is 1.90. The van der Waals surface area contributed by atoms with Gasteiger partial charge in [0, 0.05) is 11.3 Å². The molecule has 5 heteroatoms. The zero-order valence-electron chi connectivity index (χ0n) is 12.9. The molecule has 1 aromatic carbocycles. The second kappa shape index (κ2) is 5.61. The SMILES string of the molecule is Cc1cc(C)c(-c2nnnn2C(C)CC(C)C)cc1N. The van der Waals surface area contributed by atoms with Gasteiger partial charge in [0.25, 0.3) is 0 Å². The Labute approximate surface area is 120 Å². The smallest absolute Gasteiger partial charge is 0.182 e. The van der Waals surface area contributed by atoms with Crippen LogP contribution < -0.4 is 5.73 Å². The van der Waals surface area contributed by atoms with Gasteiger partial charge in [0.2, 0.25) is 0 Å². The Morgan fingerprint density at radius 3 is 2.50 bits per heavy atom. The Balaban J connectivity index is 2.44. The first-order valence-corrected chi connectivity index (χ1v) is 7.05. The Kier molecular flexibility index (Phi) is 4.06. The summed E-state index contributed by atoms with van der Waals surface area (Å²) in [4.78, 5) is 0. The van der Waals surface area contributed by atoms with E-state index in [0.717, 1.165) is 34.6 Å². The predicted octanol–water partition coefficient (Wildman–Crippen LogP) is 3.15. The van der Waals surface area contributed by atoms with Crippen LogP contribution in [0.25, 0.3) is 11.4 Å². The fourth-order valence-corrected chi connectivity index (χ4v) is 2.56. The maximum Gasteiger partial charge on any atom is 0.182 e. The molecule has 20 heavy (non-hydrogen) atoms. The summed E-state index contributed by atoms with van der Waals surface area (Å²) in [5, 5.41) is 12.2. The Morgan fingerprint density at radius 1 is 1.15 bits per heavy atom. The number of nitrogen functional groups attached to an aromatic ring is 1. The number of hydrogen-bond acceptors (Lipinski definition) is 4. The minimum absolute atomic E-state index is 0.266. The number of rotatable bonds is 4. The number of hydrogen-bond donors (Lipinski definition) is 1. The van der Waals surface area contributed by atoms with E-state index >= 15 is 0 Å². The molecule has 1 aromatic heterocycles. The average molecular weight is 273 g/mol. The second-order valence-corrected chi connectivity index (χ2v) is 5.95. The number of tetrazole rings is 1. The van der Waals surface area contributed by atoms with Crippen LogP contribution in [0.2, 0.25) is 0 Å². The molecule has 0 amide bonds. The molecule has 1 atom stereocenters. The van der Waals surface area contributed by atoms with E-state index in [-0.39, 0.29) is 6.04 Å². The van der Waals surface area contributed by atoms with Crippen LogP contribution in [0.5, 0.6) is 0 Å². The fraction of sp³-hybridized carbons (Fsp3) is 0.533. The molecule has 0 radical (unpaired) electrons. The summed E-state index contributed by atoms with van der Waals surface area (Å²) in [7, 11) is 0. The van der Waals surface area contributed by atoms with Crippen molar-refractivity contribution in [3.63, 3.8) is 0 Å². The van der Waals surface area contributed by atoms with Gasteiger partial charge in [-0.1, -0.05) is 19.9 Å². The molecular formula is C15H23N5. The van der Waals surface area contributed by atoms with Gasteiger partial charge in [0.15, 0.2) is 5.82 Å². The van der Waals surface area contributed by atoms with E-state index < -0.39 is 0 Å². The molecular weight excluding hydrogens is 250 g/mol. The minimum Gasteiger partial charge on any atom is -0.398 e. The van der Waals surface area contributed by atoms with Gasteiger partial charge in [-0.3, -0.25) is 0 Å². The van der Waals surface area contributed by atoms with Crippen LogP contribution in [0.3, 0.4) is 0 Å². The van der Waals surface area contributed by atoms with Gasteiger partial charge in [-0.2, -0.15) is 0 Å². The molecule has 0 aliphatic heterocycles. The van der Waals surface area contributed by atoms with Crippen molar-refractivity contribution in [3.8, 4) is 11.4 Å². The van der Waals surface area contributed by atoms with Crippen molar-refractivity contribution in [2.75, 3.05) is 5.73 Å². The summed E-state index contributed by atoms with van der Waals surface area (Å²) >= 11 is 0. The quantitative estimate of drug-likeness (QED) is 0.869. The van der Waals surface area contributed by atoms with E-state index in [0.29, 0.717) is 5.92 Å². The zero-order chi connectivity index (χ0) is 14.9.